The van der Waals surface area contributed by atoms with Crippen LogP contribution in [0.2, 0.25) is 0 Å². The molecule has 68 valence electrons. The highest BCUT2D eigenvalue weighted by atomic mass is 16.3. The Morgan fingerprint density at radius 2 is 2.15 bits per heavy atom. The second kappa shape index (κ2) is 3.80. The highest BCUT2D eigenvalue weighted by Crippen LogP contribution is 2.15. The smallest absolute Gasteiger partial charge is 0.160 e. The van der Waals surface area contributed by atoms with E-state index in [4.69, 9.17) is 0 Å². The van der Waals surface area contributed by atoms with Crippen LogP contribution < -0.4 is 5.43 Å². The number of Topliss-reactive ketones (excluding diaryl/α,β-unsaturated/α-hetero) is 1. The predicted octanol–water partition coefficient (Wildman–Crippen LogP) is 2.29. The van der Waals surface area contributed by atoms with E-state index in [9.17, 15) is 9.70 Å². The first-order valence-electron chi connectivity index (χ1n) is 3.85. The molecule has 0 atom stereocenters. The van der Waals surface area contributed by atoms with Crippen molar-refractivity contribution in [3.8, 4) is 0 Å². The fourth-order valence-electron chi connectivity index (χ4n) is 1.12. The normalized spacial score (nSPS) is 9.38. The van der Waals surface area contributed by atoms with Crippen LogP contribution >= 0.6 is 0 Å². The van der Waals surface area contributed by atoms with Gasteiger partial charge in [0.25, 0.3) is 0 Å². The molecule has 1 N–H and O–H groups in total. The van der Waals surface area contributed by atoms with E-state index in [-0.39, 0.29) is 5.78 Å². The molecule has 1 aromatic rings. The summed E-state index contributed by atoms with van der Waals surface area (Å²) in [5.74, 6) is -0.0213. The van der Waals surface area contributed by atoms with E-state index in [2.05, 4.69) is 10.7 Å². The average Bonchev–Trinajstić information content (AvgIpc) is 2.08. The lowest BCUT2D eigenvalue weighted by Crippen LogP contribution is -1.97. The summed E-state index contributed by atoms with van der Waals surface area (Å²) < 4.78 is 0. The Labute approximate surface area is 75.9 Å². The van der Waals surface area contributed by atoms with E-state index in [0.717, 1.165) is 5.56 Å². The first-order valence-corrected chi connectivity index (χ1v) is 3.85. The summed E-state index contributed by atoms with van der Waals surface area (Å²) in [6, 6.07) is 5.08. The number of benzene rings is 1. The molecular weight excluding hydrogens is 168 g/mol. The van der Waals surface area contributed by atoms with E-state index < -0.39 is 0 Å². The number of ketones is 1. The van der Waals surface area contributed by atoms with Crippen LogP contribution in [0.15, 0.2) is 23.5 Å². The summed E-state index contributed by atoms with van der Waals surface area (Å²) in [5, 5.41) is 2.52. The van der Waals surface area contributed by atoms with Crippen LogP contribution in [0.1, 0.15) is 22.8 Å². The zero-order valence-corrected chi connectivity index (χ0v) is 7.50. The molecule has 0 heterocycles. The number of hydrogen-bond donors (Lipinski definition) is 1. The van der Waals surface area contributed by atoms with Gasteiger partial charge in [-0.3, -0.25) is 4.79 Å². The summed E-state index contributed by atoms with van der Waals surface area (Å²) in [5.41, 5.74) is 4.28. The maximum atomic E-state index is 11.1. The molecule has 4 nitrogen and oxygen atoms in total. The van der Waals surface area contributed by atoms with Crippen molar-refractivity contribution in [2.75, 3.05) is 5.43 Å². The molecule has 13 heavy (non-hydrogen) atoms. The Morgan fingerprint density at radius 1 is 1.46 bits per heavy atom. The molecule has 0 fully saturated rings. The van der Waals surface area contributed by atoms with Gasteiger partial charge in [-0.05, 0) is 31.5 Å². The Kier molecular flexibility index (Phi) is 2.74. The quantitative estimate of drug-likeness (QED) is 0.439. The number of nitrogens with one attached hydrogen (secondary N) is 1. The second-order valence-electron chi connectivity index (χ2n) is 2.79. The van der Waals surface area contributed by atoms with Gasteiger partial charge >= 0.3 is 0 Å². The summed E-state index contributed by atoms with van der Waals surface area (Å²) in [6.07, 6.45) is 0. The molecule has 0 amide bonds. The fourth-order valence-corrected chi connectivity index (χ4v) is 1.12. The van der Waals surface area contributed by atoms with Gasteiger partial charge in [-0.2, -0.15) is 0 Å². The Morgan fingerprint density at radius 3 is 2.69 bits per heavy atom. The Hall–Kier alpha value is -1.71. The molecular formula is C9H10N2O2. The number of anilines is 1. The highest BCUT2D eigenvalue weighted by molar-refractivity contribution is 5.96. The van der Waals surface area contributed by atoms with Crippen molar-refractivity contribution in [1.82, 2.24) is 0 Å². The molecule has 0 aliphatic carbocycles. The zero-order chi connectivity index (χ0) is 9.84. The number of nitrogens with zero attached hydrogens (tertiary/aromatic N) is 1. The topological polar surface area (TPSA) is 58.5 Å². The molecule has 0 aliphatic heterocycles. The fraction of sp³-hybridized carbons (Fsp3) is 0.222. The Balaban J connectivity index is 3.10. The molecule has 0 radical (unpaired) electrons. The number of hydrogen-bond acceptors (Lipinski definition) is 3. The number of carbonyl (C=O) groups is 1. The molecule has 0 saturated carbocycles. The standard InChI is InChI=1S/C9H10N2O2/c1-6-3-4-8(10-11-13)5-9(6)7(2)12/h3-5H,1-2H3,(H,10,13). The minimum absolute atomic E-state index is 0.0213. The van der Waals surface area contributed by atoms with Crippen molar-refractivity contribution >= 4 is 11.5 Å². The SMILES string of the molecule is CC(=O)c1cc(NN=O)ccc1C. The van der Waals surface area contributed by atoms with Crippen LogP contribution in [-0.4, -0.2) is 5.78 Å². The molecule has 0 saturated heterocycles. The van der Waals surface area contributed by atoms with Gasteiger partial charge in [-0.25, -0.2) is 5.43 Å². The first-order chi connectivity index (χ1) is 6.15. The maximum Gasteiger partial charge on any atom is 0.160 e. The van der Waals surface area contributed by atoms with Crippen LogP contribution in [0.3, 0.4) is 0 Å². The molecule has 0 aliphatic rings. The van der Waals surface area contributed by atoms with Crippen LogP contribution in [0.25, 0.3) is 0 Å². The van der Waals surface area contributed by atoms with Crippen LogP contribution in [0.4, 0.5) is 5.69 Å². The van der Waals surface area contributed by atoms with E-state index in [1.807, 2.05) is 6.92 Å². The molecule has 4 heteroatoms. The molecule has 0 unspecified atom stereocenters. The van der Waals surface area contributed by atoms with Crippen molar-refractivity contribution in [2.24, 2.45) is 5.29 Å². The molecule has 1 rings (SSSR count). The summed E-state index contributed by atoms with van der Waals surface area (Å²) in [7, 11) is 0. The number of rotatable bonds is 3. The third kappa shape index (κ3) is 2.11. The van der Waals surface area contributed by atoms with Gasteiger partial charge < -0.3 is 0 Å². The van der Waals surface area contributed by atoms with Gasteiger partial charge in [-0.1, -0.05) is 6.07 Å². The van der Waals surface area contributed by atoms with Crippen LogP contribution in [-0.2, 0) is 0 Å². The second-order valence-corrected chi connectivity index (χ2v) is 2.79. The average molecular weight is 178 g/mol. The first kappa shape index (κ1) is 9.38. The van der Waals surface area contributed by atoms with E-state index in [1.54, 1.807) is 18.2 Å². The lowest BCUT2D eigenvalue weighted by atomic mass is 10.1. The number of carbonyl (C=O) groups excluding carboxylic acids is 1. The van der Waals surface area contributed by atoms with Crippen LogP contribution in [0.5, 0.6) is 0 Å². The van der Waals surface area contributed by atoms with Gasteiger partial charge in [0.2, 0.25) is 0 Å². The van der Waals surface area contributed by atoms with Crippen molar-refractivity contribution < 1.29 is 4.79 Å². The van der Waals surface area contributed by atoms with Crippen molar-refractivity contribution in [2.45, 2.75) is 13.8 Å². The van der Waals surface area contributed by atoms with E-state index in [1.165, 1.54) is 6.92 Å². The molecule has 0 spiro atoms. The van der Waals surface area contributed by atoms with Crippen molar-refractivity contribution in [3.05, 3.63) is 34.2 Å². The van der Waals surface area contributed by atoms with Gasteiger partial charge in [-0.15, -0.1) is 4.91 Å². The zero-order valence-electron chi connectivity index (χ0n) is 7.50. The van der Waals surface area contributed by atoms with Gasteiger partial charge in [0, 0.05) is 5.56 Å². The summed E-state index contributed by atoms with van der Waals surface area (Å²) in [6.45, 7) is 3.33. The maximum absolute atomic E-state index is 11.1. The lowest BCUT2D eigenvalue weighted by Gasteiger charge is -2.03. The third-order valence-electron chi connectivity index (χ3n) is 1.79. The highest BCUT2D eigenvalue weighted by Gasteiger charge is 2.04. The van der Waals surface area contributed by atoms with Crippen molar-refractivity contribution in [3.63, 3.8) is 0 Å². The summed E-state index contributed by atoms with van der Waals surface area (Å²) in [4.78, 5) is 21.0. The van der Waals surface area contributed by atoms with Gasteiger partial charge in [0.05, 0.1) is 11.0 Å². The van der Waals surface area contributed by atoms with Crippen LogP contribution in [0, 0.1) is 11.8 Å². The third-order valence-corrected chi connectivity index (χ3v) is 1.79. The number of aryl methyl sites for hydroxylation is 1. The minimum atomic E-state index is -0.0213. The minimum Gasteiger partial charge on any atom is -0.294 e. The number of nitroso groups, excluding NO2 is 1. The Bertz CT molecular complexity index is 347. The van der Waals surface area contributed by atoms with E-state index >= 15 is 0 Å². The largest absolute Gasteiger partial charge is 0.294 e. The lowest BCUT2D eigenvalue weighted by molar-refractivity contribution is 0.101. The summed E-state index contributed by atoms with van der Waals surface area (Å²) >= 11 is 0. The molecule has 1 aromatic carbocycles. The molecule has 0 bridgehead atoms. The molecule has 0 aromatic heterocycles. The van der Waals surface area contributed by atoms with Gasteiger partial charge in [0.15, 0.2) is 5.78 Å². The predicted molar refractivity (Wildman–Crippen MR) is 50.6 cm³/mol. The van der Waals surface area contributed by atoms with Crippen molar-refractivity contribution in [1.29, 1.82) is 0 Å². The monoisotopic (exact) mass is 178 g/mol. The van der Waals surface area contributed by atoms with E-state index in [0.29, 0.717) is 11.3 Å². The van der Waals surface area contributed by atoms with Gasteiger partial charge in [0.1, 0.15) is 0 Å².